The minimum atomic E-state index is -4.34. The quantitative estimate of drug-likeness (QED) is 0.649. The van der Waals surface area contributed by atoms with Gasteiger partial charge in [-0.1, -0.05) is 18.6 Å². The van der Waals surface area contributed by atoms with Crippen molar-refractivity contribution in [2.45, 2.75) is 50.6 Å². The Morgan fingerprint density at radius 1 is 1.36 bits per heavy atom. The second kappa shape index (κ2) is 5.90. The highest BCUT2D eigenvalue weighted by Gasteiger charge is 2.66. The second-order valence-corrected chi connectivity index (χ2v) is 7.35. The Kier molecular flexibility index (Phi) is 3.94. The first-order valence-electron chi connectivity index (χ1n) is 8.74. The topological polar surface area (TPSA) is 59.6 Å². The average Bonchev–Trinajstić information content (AvgIpc) is 2.94. The van der Waals surface area contributed by atoms with Crippen molar-refractivity contribution >= 4 is 5.96 Å². The van der Waals surface area contributed by atoms with Crippen LogP contribution in [-0.4, -0.2) is 24.7 Å². The molecule has 136 valence electrons. The van der Waals surface area contributed by atoms with E-state index in [2.05, 4.69) is 10.3 Å². The summed E-state index contributed by atoms with van der Waals surface area (Å²) in [6, 6.07) is 5.48. The maximum atomic E-state index is 12.8. The van der Waals surface area contributed by atoms with Crippen LogP contribution < -0.4 is 11.1 Å². The molecule has 3 unspecified atom stereocenters. The van der Waals surface area contributed by atoms with E-state index in [0.29, 0.717) is 23.5 Å². The number of halogens is 3. The molecule has 3 fully saturated rings. The Hall–Kier alpha value is -1.76. The third kappa shape index (κ3) is 2.78. The summed E-state index contributed by atoms with van der Waals surface area (Å²) < 4.78 is 44.2. The van der Waals surface area contributed by atoms with Crippen LogP contribution in [0.5, 0.6) is 0 Å². The number of ether oxygens (including phenoxy) is 1. The fourth-order valence-corrected chi connectivity index (χ4v) is 4.68. The van der Waals surface area contributed by atoms with E-state index >= 15 is 0 Å². The summed E-state index contributed by atoms with van der Waals surface area (Å²) in [6.07, 6.45) is 0.537. The van der Waals surface area contributed by atoms with Gasteiger partial charge < -0.3 is 15.8 Å². The zero-order valence-corrected chi connectivity index (χ0v) is 13.9. The SMILES string of the molecule is NC(=NCc1cccc(C(F)(F)F)c1)NC1C2CCOC2C12CCC2. The third-order valence-corrected chi connectivity index (χ3v) is 6.03. The van der Waals surface area contributed by atoms with Gasteiger partial charge in [0, 0.05) is 24.0 Å². The third-order valence-electron chi connectivity index (χ3n) is 6.03. The first-order chi connectivity index (χ1) is 11.9. The maximum Gasteiger partial charge on any atom is 0.416 e. The molecule has 1 spiro atoms. The van der Waals surface area contributed by atoms with E-state index in [1.165, 1.54) is 12.5 Å². The summed E-state index contributed by atoms with van der Waals surface area (Å²) in [5.41, 5.74) is 6.04. The number of nitrogens with zero attached hydrogens (tertiary/aromatic N) is 1. The monoisotopic (exact) mass is 353 g/mol. The lowest BCUT2D eigenvalue weighted by Crippen LogP contribution is -2.72. The van der Waals surface area contributed by atoms with Gasteiger partial charge in [0.2, 0.25) is 0 Å². The molecular formula is C18H22F3N3O. The fourth-order valence-electron chi connectivity index (χ4n) is 4.68. The maximum absolute atomic E-state index is 12.8. The van der Waals surface area contributed by atoms with E-state index in [1.807, 2.05) is 0 Å². The lowest BCUT2D eigenvalue weighted by molar-refractivity contribution is -0.171. The summed E-state index contributed by atoms with van der Waals surface area (Å²) in [5.74, 6) is 0.779. The Labute approximate surface area is 144 Å². The molecular weight excluding hydrogens is 331 g/mol. The molecule has 25 heavy (non-hydrogen) atoms. The number of nitrogens with two attached hydrogens (primary N) is 1. The molecule has 2 aliphatic carbocycles. The second-order valence-electron chi connectivity index (χ2n) is 7.35. The first-order valence-corrected chi connectivity index (χ1v) is 8.74. The molecule has 0 radical (unpaired) electrons. The Balaban J connectivity index is 1.41. The van der Waals surface area contributed by atoms with Gasteiger partial charge in [0.05, 0.1) is 18.2 Å². The molecule has 4 nitrogen and oxygen atoms in total. The first kappa shape index (κ1) is 16.7. The number of hydrogen-bond acceptors (Lipinski definition) is 2. The van der Waals surface area contributed by atoms with Crippen LogP contribution in [0, 0.1) is 11.3 Å². The van der Waals surface area contributed by atoms with E-state index in [4.69, 9.17) is 10.5 Å². The summed E-state index contributed by atoms with van der Waals surface area (Å²) in [5, 5.41) is 3.32. The minimum absolute atomic E-state index is 0.132. The molecule has 7 heteroatoms. The Bertz CT molecular complexity index is 684. The van der Waals surface area contributed by atoms with Crippen molar-refractivity contribution in [2.24, 2.45) is 22.1 Å². The average molecular weight is 353 g/mol. The molecule has 1 aromatic rings. The van der Waals surface area contributed by atoms with Crippen LogP contribution in [0.15, 0.2) is 29.3 Å². The standard InChI is InChI=1S/C18H22F3N3O/c19-18(20,21)12-4-1-3-11(9-12)10-23-16(22)24-14-13-5-8-25-15(13)17(14)6-2-7-17/h1,3-4,9,13-15H,2,5-8,10H2,(H3,22,23,24). The molecule has 1 aliphatic heterocycles. The van der Waals surface area contributed by atoms with E-state index in [1.54, 1.807) is 6.07 Å². The highest BCUT2D eigenvalue weighted by molar-refractivity contribution is 5.78. The highest BCUT2D eigenvalue weighted by atomic mass is 19.4. The summed E-state index contributed by atoms with van der Waals surface area (Å²) in [6.45, 7) is 0.934. The van der Waals surface area contributed by atoms with Gasteiger partial charge in [0.15, 0.2) is 5.96 Å². The number of rotatable bonds is 3. The molecule has 4 rings (SSSR count). The zero-order chi connectivity index (χ0) is 17.7. The number of guanidine groups is 1. The van der Waals surface area contributed by atoms with Crippen molar-refractivity contribution in [1.82, 2.24) is 5.32 Å². The largest absolute Gasteiger partial charge is 0.416 e. The lowest BCUT2D eigenvalue weighted by atomic mass is 9.46. The van der Waals surface area contributed by atoms with E-state index < -0.39 is 11.7 Å². The lowest BCUT2D eigenvalue weighted by Gasteiger charge is -2.63. The van der Waals surface area contributed by atoms with Crippen LogP contribution in [0.4, 0.5) is 13.2 Å². The van der Waals surface area contributed by atoms with Gasteiger partial charge >= 0.3 is 6.18 Å². The number of hydrogen-bond donors (Lipinski definition) is 2. The zero-order valence-electron chi connectivity index (χ0n) is 13.9. The fraction of sp³-hybridized carbons (Fsp3) is 0.611. The Morgan fingerprint density at radius 3 is 2.84 bits per heavy atom. The highest BCUT2D eigenvalue weighted by Crippen LogP contribution is 2.62. The van der Waals surface area contributed by atoms with Crippen LogP contribution in [0.2, 0.25) is 0 Å². The van der Waals surface area contributed by atoms with Crippen LogP contribution >= 0.6 is 0 Å². The summed E-state index contributed by atoms with van der Waals surface area (Å²) >= 11 is 0. The summed E-state index contributed by atoms with van der Waals surface area (Å²) in [4.78, 5) is 4.25. The molecule has 0 bridgehead atoms. The van der Waals surface area contributed by atoms with Gasteiger partial charge in [-0.05, 0) is 37.0 Å². The smallest absolute Gasteiger partial charge is 0.377 e. The molecule has 1 saturated heterocycles. The van der Waals surface area contributed by atoms with Crippen molar-refractivity contribution in [1.29, 1.82) is 0 Å². The van der Waals surface area contributed by atoms with Gasteiger partial charge in [-0.15, -0.1) is 0 Å². The van der Waals surface area contributed by atoms with Crippen molar-refractivity contribution in [3.63, 3.8) is 0 Å². The van der Waals surface area contributed by atoms with Crippen LogP contribution in [0.1, 0.15) is 36.8 Å². The molecule has 3 atom stereocenters. The van der Waals surface area contributed by atoms with Crippen LogP contribution in [0.3, 0.4) is 0 Å². The van der Waals surface area contributed by atoms with Gasteiger partial charge in [0.25, 0.3) is 0 Å². The van der Waals surface area contributed by atoms with Gasteiger partial charge in [-0.25, -0.2) is 4.99 Å². The van der Waals surface area contributed by atoms with Gasteiger partial charge in [-0.3, -0.25) is 0 Å². The van der Waals surface area contributed by atoms with Crippen LogP contribution in [0.25, 0.3) is 0 Å². The van der Waals surface area contributed by atoms with Gasteiger partial charge in [0.1, 0.15) is 0 Å². The number of nitrogens with one attached hydrogen (secondary N) is 1. The van der Waals surface area contributed by atoms with Crippen molar-refractivity contribution in [3.05, 3.63) is 35.4 Å². The molecule has 0 amide bonds. The van der Waals surface area contributed by atoms with Gasteiger partial charge in [-0.2, -0.15) is 13.2 Å². The van der Waals surface area contributed by atoms with E-state index in [0.717, 1.165) is 38.0 Å². The molecule has 1 heterocycles. The normalized spacial score (nSPS) is 30.5. The van der Waals surface area contributed by atoms with Crippen LogP contribution in [-0.2, 0) is 17.5 Å². The molecule has 3 N–H and O–H groups in total. The van der Waals surface area contributed by atoms with Crippen molar-refractivity contribution in [2.75, 3.05) is 6.61 Å². The number of aliphatic imine (C=N–C) groups is 1. The van der Waals surface area contributed by atoms with E-state index in [-0.39, 0.29) is 18.0 Å². The number of alkyl halides is 3. The molecule has 2 saturated carbocycles. The summed E-state index contributed by atoms with van der Waals surface area (Å²) in [7, 11) is 0. The number of benzene rings is 1. The predicted octanol–water partition coefficient (Wildman–Crippen LogP) is 3.07. The molecule has 1 aromatic carbocycles. The predicted molar refractivity (Wildman–Crippen MR) is 87.8 cm³/mol. The minimum Gasteiger partial charge on any atom is -0.377 e. The molecule has 3 aliphatic rings. The van der Waals surface area contributed by atoms with Crippen molar-refractivity contribution < 1.29 is 17.9 Å². The molecule has 0 aromatic heterocycles. The Morgan fingerprint density at radius 2 is 2.16 bits per heavy atom. The van der Waals surface area contributed by atoms with E-state index in [9.17, 15) is 13.2 Å². The number of fused-ring (bicyclic) bond motifs is 2. The van der Waals surface area contributed by atoms with Crippen molar-refractivity contribution in [3.8, 4) is 0 Å².